The van der Waals surface area contributed by atoms with E-state index in [1.165, 1.54) is 0 Å². The van der Waals surface area contributed by atoms with E-state index in [2.05, 4.69) is 29.1 Å². The lowest BCUT2D eigenvalue weighted by Crippen LogP contribution is -2.31. The van der Waals surface area contributed by atoms with Gasteiger partial charge >= 0.3 is 0 Å². The van der Waals surface area contributed by atoms with Crippen molar-refractivity contribution in [1.82, 2.24) is 19.9 Å². The van der Waals surface area contributed by atoms with Gasteiger partial charge in [0.2, 0.25) is 0 Å². The Bertz CT molecular complexity index is 832. The summed E-state index contributed by atoms with van der Waals surface area (Å²) < 4.78 is 1.72. The number of para-hydroxylation sites is 2. The first-order valence-corrected chi connectivity index (χ1v) is 8.39. The number of aryl methyl sites for hydroxylation is 1. The molecule has 2 heterocycles. The highest BCUT2D eigenvalue weighted by Gasteiger charge is 2.22. The smallest absolute Gasteiger partial charge is 0.268 e. The molecule has 1 atom stereocenters. The minimum absolute atomic E-state index is 0.157. The predicted octanol–water partition coefficient (Wildman–Crippen LogP) is 4.07. The number of hydrogen-bond donors (Lipinski definition) is 2. The number of fused-ring (bicyclic) bond motifs is 1. The SMILES string of the molecule is CC(C)CC(NC(=O)c1cc(Cl)cn1C)c1nc2ccccc2[nH]1. The first kappa shape index (κ1) is 16.6. The van der Waals surface area contributed by atoms with Crippen LogP contribution in [0.2, 0.25) is 5.02 Å². The second-order valence-corrected chi connectivity index (χ2v) is 6.89. The molecule has 0 aliphatic rings. The molecule has 3 aromatic rings. The first-order chi connectivity index (χ1) is 11.4. The molecule has 0 aliphatic carbocycles. The third-order valence-electron chi connectivity index (χ3n) is 3.95. The molecule has 6 heteroatoms. The fourth-order valence-electron chi connectivity index (χ4n) is 2.83. The number of amides is 1. The van der Waals surface area contributed by atoms with Crippen molar-refractivity contribution in [2.45, 2.75) is 26.3 Å². The number of nitrogens with zero attached hydrogens (tertiary/aromatic N) is 2. The third-order valence-corrected chi connectivity index (χ3v) is 4.16. The van der Waals surface area contributed by atoms with Gasteiger partial charge in [0.05, 0.1) is 22.1 Å². The molecule has 0 aliphatic heterocycles. The van der Waals surface area contributed by atoms with Crippen LogP contribution in [0.3, 0.4) is 0 Å². The Hall–Kier alpha value is -2.27. The molecule has 1 aromatic carbocycles. The number of aromatic amines is 1. The highest BCUT2D eigenvalue weighted by Crippen LogP contribution is 2.23. The second kappa shape index (κ2) is 6.69. The van der Waals surface area contributed by atoms with Crippen LogP contribution in [0.4, 0.5) is 0 Å². The number of nitrogens with one attached hydrogen (secondary N) is 2. The molecular weight excluding hydrogens is 324 g/mol. The first-order valence-electron chi connectivity index (χ1n) is 8.01. The quantitative estimate of drug-likeness (QED) is 0.732. The summed E-state index contributed by atoms with van der Waals surface area (Å²) in [5.41, 5.74) is 2.40. The van der Waals surface area contributed by atoms with Gasteiger partial charge in [0.1, 0.15) is 11.5 Å². The van der Waals surface area contributed by atoms with Crippen molar-refractivity contribution in [3.63, 3.8) is 0 Å². The Balaban J connectivity index is 1.88. The third kappa shape index (κ3) is 3.46. The number of rotatable bonds is 5. The zero-order chi connectivity index (χ0) is 17.3. The average Bonchev–Trinajstić information content (AvgIpc) is 3.08. The van der Waals surface area contributed by atoms with E-state index in [-0.39, 0.29) is 11.9 Å². The molecule has 0 radical (unpaired) electrons. The van der Waals surface area contributed by atoms with Crippen molar-refractivity contribution in [3.8, 4) is 0 Å². The molecule has 2 N–H and O–H groups in total. The number of carbonyl (C=O) groups excluding carboxylic acids is 1. The molecule has 0 saturated heterocycles. The van der Waals surface area contributed by atoms with Crippen molar-refractivity contribution in [2.75, 3.05) is 0 Å². The van der Waals surface area contributed by atoms with E-state index in [0.717, 1.165) is 23.3 Å². The number of aromatic nitrogens is 3. The van der Waals surface area contributed by atoms with Crippen LogP contribution in [-0.2, 0) is 7.05 Å². The molecule has 24 heavy (non-hydrogen) atoms. The summed E-state index contributed by atoms with van der Waals surface area (Å²) in [6.07, 6.45) is 2.51. The summed E-state index contributed by atoms with van der Waals surface area (Å²) in [6.45, 7) is 4.25. The van der Waals surface area contributed by atoms with Gasteiger partial charge in [-0.25, -0.2) is 4.98 Å². The lowest BCUT2D eigenvalue weighted by Gasteiger charge is -2.19. The lowest BCUT2D eigenvalue weighted by atomic mass is 10.0. The number of benzene rings is 1. The molecule has 0 fully saturated rings. The minimum Gasteiger partial charge on any atom is -0.345 e. The van der Waals surface area contributed by atoms with Gasteiger partial charge < -0.3 is 14.9 Å². The number of halogens is 1. The highest BCUT2D eigenvalue weighted by molar-refractivity contribution is 6.31. The Kier molecular flexibility index (Phi) is 4.62. The average molecular weight is 345 g/mol. The molecule has 3 rings (SSSR count). The van der Waals surface area contributed by atoms with E-state index in [1.54, 1.807) is 23.9 Å². The summed E-state index contributed by atoms with van der Waals surface area (Å²) in [6, 6.07) is 9.35. The number of H-pyrrole nitrogens is 1. The summed E-state index contributed by atoms with van der Waals surface area (Å²) in [5, 5.41) is 3.63. The van der Waals surface area contributed by atoms with Gasteiger partial charge in [-0.2, -0.15) is 0 Å². The van der Waals surface area contributed by atoms with E-state index >= 15 is 0 Å². The molecule has 126 valence electrons. The van der Waals surface area contributed by atoms with Gasteiger partial charge in [-0.3, -0.25) is 4.79 Å². The van der Waals surface area contributed by atoms with Crippen molar-refractivity contribution in [3.05, 3.63) is 53.1 Å². The number of hydrogen-bond acceptors (Lipinski definition) is 2. The standard InChI is InChI=1S/C18H21ClN4O/c1-11(2)8-15(17-20-13-6-4-5-7-14(13)21-17)22-18(24)16-9-12(19)10-23(16)3/h4-7,9-11,15H,8H2,1-3H3,(H,20,21)(H,22,24). The monoisotopic (exact) mass is 344 g/mol. The van der Waals surface area contributed by atoms with Gasteiger partial charge in [0.15, 0.2) is 0 Å². The molecule has 0 bridgehead atoms. The highest BCUT2D eigenvalue weighted by atomic mass is 35.5. The van der Waals surface area contributed by atoms with Crippen LogP contribution < -0.4 is 5.32 Å². The van der Waals surface area contributed by atoms with Crippen LogP contribution in [0, 0.1) is 5.92 Å². The fraction of sp³-hybridized carbons (Fsp3) is 0.333. The van der Waals surface area contributed by atoms with E-state index in [4.69, 9.17) is 11.6 Å². The normalized spacial score (nSPS) is 12.7. The van der Waals surface area contributed by atoms with Crippen LogP contribution in [-0.4, -0.2) is 20.4 Å². The van der Waals surface area contributed by atoms with Crippen LogP contribution in [0.5, 0.6) is 0 Å². The van der Waals surface area contributed by atoms with E-state index in [0.29, 0.717) is 16.6 Å². The zero-order valence-electron chi connectivity index (χ0n) is 14.0. The second-order valence-electron chi connectivity index (χ2n) is 6.45. The number of carbonyl (C=O) groups is 1. The maximum atomic E-state index is 12.6. The maximum absolute atomic E-state index is 12.6. The van der Waals surface area contributed by atoms with Crippen LogP contribution >= 0.6 is 11.6 Å². The Labute approximate surface area is 146 Å². The molecule has 0 saturated carbocycles. The van der Waals surface area contributed by atoms with Gasteiger partial charge in [-0.05, 0) is 30.5 Å². The molecular formula is C18H21ClN4O. The Morgan fingerprint density at radius 1 is 1.38 bits per heavy atom. The molecule has 2 aromatic heterocycles. The van der Waals surface area contributed by atoms with Crippen molar-refractivity contribution in [1.29, 1.82) is 0 Å². The predicted molar refractivity (Wildman–Crippen MR) is 96.2 cm³/mol. The van der Waals surface area contributed by atoms with E-state index < -0.39 is 0 Å². The topological polar surface area (TPSA) is 62.7 Å². The Morgan fingerprint density at radius 3 is 2.75 bits per heavy atom. The summed E-state index contributed by atoms with van der Waals surface area (Å²) >= 11 is 5.98. The molecule has 5 nitrogen and oxygen atoms in total. The maximum Gasteiger partial charge on any atom is 0.268 e. The van der Waals surface area contributed by atoms with Crippen molar-refractivity contribution in [2.24, 2.45) is 13.0 Å². The minimum atomic E-state index is -0.182. The summed E-state index contributed by atoms with van der Waals surface area (Å²) in [7, 11) is 1.80. The number of imidazole rings is 1. The van der Waals surface area contributed by atoms with Crippen molar-refractivity contribution >= 4 is 28.5 Å². The van der Waals surface area contributed by atoms with Crippen LogP contribution in [0.25, 0.3) is 11.0 Å². The van der Waals surface area contributed by atoms with Gasteiger partial charge in [0.25, 0.3) is 5.91 Å². The van der Waals surface area contributed by atoms with E-state index in [1.807, 2.05) is 24.3 Å². The summed E-state index contributed by atoms with van der Waals surface area (Å²) in [4.78, 5) is 20.6. The van der Waals surface area contributed by atoms with Crippen molar-refractivity contribution < 1.29 is 4.79 Å². The van der Waals surface area contributed by atoms with Crippen LogP contribution in [0.15, 0.2) is 36.5 Å². The van der Waals surface area contributed by atoms with Gasteiger partial charge in [0, 0.05) is 13.2 Å². The molecule has 1 unspecified atom stereocenters. The zero-order valence-corrected chi connectivity index (χ0v) is 14.8. The summed E-state index contributed by atoms with van der Waals surface area (Å²) in [5.74, 6) is 1.04. The van der Waals surface area contributed by atoms with Gasteiger partial charge in [-0.15, -0.1) is 0 Å². The molecule has 1 amide bonds. The van der Waals surface area contributed by atoms with Crippen LogP contribution in [0.1, 0.15) is 42.6 Å². The Morgan fingerprint density at radius 2 is 2.12 bits per heavy atom. The molecule has 0 spiro atoms. The fourth-order valence-corrected chi connectivity index (χ4v) is 3.08. The van der Waals surface area contributed by atoms with Gasteiger partial charge in [-0.1, -0.05) is 37.6 Å². The lowest BCUT2D eigenvalue weighted by molar-refractivity contribution is 0.0922. The largest absolute Gasteiger partial charge is 0.345 e. The van der Waals surface area contributed by atoms with E-state index in [9.17, 15) is 4.79 Å².